The molecule has 2 aromatic rings. The number of nitrogens with zero attached hydrogens (tertiary/aromatic N) is 4. The van der Waals surface area contributed by atoms with Crippen molar-refractivity contribution in [2.45, 2.75) is 18.9 Å². The number of hydrogen-bond acceptors (Lipinski definition) is 4. The number of pyridine rings is 1. The summed E-state index contributed by atoms with van der Waals surface area (Å²) < 4.78 is 27.4. The van der Waals surface area contributed by atoms with Crippen LogP contribution in [0.1, 0.15) is 24.0 Å². The highest BCUT2D eigenvalue weighted by atomic mass is 32.2. The standard InChI is InChI=1S/C10H8F2N4OS/c11-6-1-2-7(13-5-6)8-3-4-9-14-16(18-12)10(17)15(8)9/h1-2,5,8H,3-4H2. The van der Waals surface area contributed by atoms with Gasteiger partial charge in [-0.1, -0.05) is 0 Å². The smallest absolute Gasteiger partial charge is 0.269 e. The van der Waals surface area contributed by atoms with Crippen LogP contribution < -0.4 is 5.69 Å². The van der Waals surface area contributed by atoms with Crippen LogP contribution in [0.15, 0.2) is 23.1 Å². The minimum Gasteiger partial charge on any atom is -0.269 e. The Labute approximate surface area is 105 Å². The van der Waals surface area contributed by atoms with Crippen LogP contribution in [0.5, 0.6) is 0 Å². The Morgan fingerprint density at radius 1 is 1.44 bits per heavy atom. The van der Waals surface area contributed by atoms with Gasteiger partial charge in [0.2, 0.25) is 0 Å². The Morgan fingerprint density at radius 3 is 2.94 bits per heavy atom. The van der Waals surface area contributed by atoms with Crippen molar-refractivity contribution < 1.29 is 8.28 Å². The molecule has 0 N–H and O–H groups in total. The zero-order valence-corrected chi connectivity index (χ0v) is 9.90. The molecule has 0 saturated carbocycles. The molecule has 0 aromatic carbocycles. The topological polar surface area (TPSA) is 52.7 Å². The van der Waals surface area contributed by atoms with E-state index < -0.39 is 11.5 Å². The van der Waals surface area contributed by atoms with E-state index in [4.69, 9.17) is 0 Å². The van der Waals surface area contributed by atoms with Gasteiger partial charge in [-0.25, -0.2) is 9.18 Å². The van der Waals surface area contributed by atoms with Gasteiger partial charge >= 0.3 is 5.69 Å². The summed E-state index contributed by atoms with van der Waals surface area (Å²) in [7, 11) is 0. The van der Waals surface area contributed by atoms with Crippen molar-refractivity contribution in [2.24, 2.45) is 0 Å². The van der Waals surface area contributed by atoms with E-state index in [1.807, 2.05) is 0 Å². The monoisotopic (exact) mass is 270 g/mol. The van der Waals surface area contributed by atoms with E-state index in [1.54, 1.807) is 0 Å². The molecule has 1 aliphatic rings. The molecule has 0 amide bonds. The molecule has 5 nitrogen and oxygen atoms in total. The first-order valence-corrected chi connectivity index (χ1v) is 5.99. The van der Waals surface area contributed by atoms with Crippen molar-refractivity contribution >= 4 is 12.3 Å². The number of rotatable bonds is 2. The third-order valence-corrected chi connectivity index (χ3v) is 3.33. The minimum atomic E-state index is -0.522. The Balaban J connectivity index is 2.06. The van der Waals surface area contributed by atoms with E-state index in [9.17, 15) is 13.1 Å². The highest BCUT2D eigenvalue weighted by Crippen LogP contribution is 2.28. The number of fused-ring (bicyclic) bond motifs is 1. The van der Waals surface area contributed by atoms with Gasteiger partial charge < -0.3 is 0 Å². The molecule has 1 aliphatic heterocycles. The van der Waals surface area contributed by atoms with Crippen LogP contribution in [0.25, 0.3) is 0 Å². The van der Waals surface area contributed by atoms with Gasteiger partial charge in [-0.05, 0) is 18.6 Å². The fourth-order valence-corrected chi connectivity index (χ4v) is 2.46. The quantitative estimate of drug-likeness (QED) is 0.829. The molecule has 0 saturated heterocycles. The molecule has 94 valence electrons. The minimum absolute atomic E-state index is 0.229. The molecule has 0 aliphatic carbocycles. The molecular weight excluding hydrogens is 262 g/mol. The van der Waals surface area contributed by atoms with E-state index in [1.165, 1.54) is 16.7 Å². The van der Waals surface area contributed by atoms with Gasteiger partial charge in [0.05, 0.1) is 17.9 Å². The maximum atomic E-state index is 12.8. The van der Waals surface area contributed by atoms with E-state index >= 15 is 0 Å². The number of halogens is 2. The summed E-state index contributed by atoms with van der Waals surface area (Å²) in [5.41, 5.74) is 0.0618. The van der Waals surface area contributed by atoms with Crippen LogP contribution in [0.3, 0.4) is 0 Å². The van der Waals surface area contributed by atoms with Crippen molar-refractivity contribution in [3.8, 4) is 0 Å². The number of aryl methyl sites for hydroxylation is 1. The molecule has 0 bridgehead atoms. The molecule has 0 fully saturated rings. The highest BCUT2D eigenvalue weighted by molar-refractivity contribution is 7.92. The Kier molecular flexibility index (Phi) is 2.66. The number of aromatic nitrogens is 4. The molecule has 0 spiro atoms. The largest absolute Gasteiger partial charge is 0.359 e. The molecule has 1 unspecified atom stereocenters. The van der Waals surface area contributed by atoms with E-state index in [2.05, 4.69) is 10.1 Å². The molecule has 18 heavy (non-hydrogen) atoms. The zero-order valence-electron chi connectivity index (χ0n) is 9.08. The first-order chi connectivity index (χ1) is 8.70. The van der Waals surface area contributed by atoms with Gasteiger partial charge in [0.25, 0.3) is 0 Å². The third kappa shape index (κ3) is 1.64. The fourth-order valence-electron chi connectivity index (χ4n) is 2.19. The lowest BCUT2D eigenvalue weighted by atomic mass is 10.1. The molecular formula is C10H8F2N4OS. The Bertz CT molecular complexity index is 636. The van der Waals surface area contributed by atoms with E-state index in [-0.39, 0.29) is 18.4 Å². The van der Waals surface area contributed by atoms with Crippen LogP contribution in [-0.4, -0.2) is 18.7 Å². The third-order valence-electron chi connectivity index (χ3n) is 2.96. The molecule has 2 aromatic heterocycles. The lowest BCUT2D eigenvalue weighted by molar-refractivity contribution is 0.567. The average Bonchev–Trinajstić information content (AvgIpc) is 2.91. The van der Waals surface area contributed by atoms with Crippen molar-refractivity contribution in [3.63, 3.8) is 0 Å². The Morgan fingerprint density at radius 2 is 2.28 bits per heavy atom. The fraction of sp³-hybridized carbons (Fsp3) is 0.300. The summed E-state index contributed by atoms with van der Waals surface area (Å²) in [6.45, 7) is 0. The summed E-state index contributed by atoms with van der Waals surface area (Å²) in [6.07, 6.45) is 2.34. The van der Waals surface area contributed by atoms with Gasteiger partial charge in [0, 0.05) is 6.42 Å². The highest BCUT2D eigenvalue weighted by Gasteiger charge is 2.30. The van der Waals surface area contributed by atoms with Gasteiger partial charge in [0.1, 0.15) is 11.6 Å². The summed E-state index contributed by atoms with van der Waals surface area (Å²) in [4.78, 5) is 15.8. The summed E-state index contributed by atoms with van der Waals surface area (Å²) >= 11 is -0.229. The van der Waals surface area contributed by atoms with Crippen LogP contribution >= 0.6 is 12.3 Å². The molecule has 8 heteroatoms. The summed E-state index contributed by atoms with van der Waals surface area (Å²) in [6, 6.07) is 2.52. The SMILES string of the molecule is O=c1n(SF)nc2n1C(c1ccc(F)cn1)CC2. The zero-order chi connectivity index (χ0) is 12.7. The van der Waals surface area contributed by atoms with Crippen molar-refractivity contribution in [1.82, 2.24) is 18.7 Å². The van der Waals surface area contributed by atoms with Crippen LogP contribution in [0.4, 0.5) is 8.28 Å². The lowest BCUT2D eigenvalue weighted by Gasteiger charge is -2.10. The maximum Gasteiger partial charge on any atom is 0.359 e. The van der Waals surface area contributed by atoms with Gasteiger partial charge in [0.15, 0.2) is 12.3 Å². The van der Waals surface area contributed by atoms with Crippen molar-refractivity contribution in [3.05, 3.63) is 46.1 Å². The second-order valence-corrected chi connectivity index (χ2v) is 4.45. The predicted molar refractivity (Wildman–Crippen MR) is 61.2 cm³/mol. The normalized spacial score (nSPS) is 18.0. The summed E-state index contributed by atoms with van der Waals surface area (Å²) in [5.74, 6) is 0.0978. The second-order valence-electron chi connectivity index (χ2n) is 3.97. The maximum absolute atomic E-state index is 12.8. The molecule has 3 heterocycles. The van der Waals surface area contributed by atoms with Crippen LogP contribution in [-0.2, 0) is 6.42 Å². The van der Waals surface area contributed by atoms with Gasteiger partial charge in [-0.3, -0.25) is 9.55 Å². The van der Waals surface area contributed by atoms with E-state index in [0.29, 0.717) is 28.4 Å². The predicted octanol–water partition coefficient (Wildman–Crippen LogP) is 1.50. The average molecular weight is 270 g/mol. The van der Waals surface area contributed by atoms with E-state index in [0.717, 1.165) is 6.20 Å². The number of hydrogen-bond donors (Lipinski definition) is 0. The van der Waals surface area contributed by atoms with Crippen molar-refractivity contribution in [1.29, 1.82) is 0 Å². The van der Waals surface area contributed by atoms with Gasteiger partial charge in [-0.2, -0.15) is 0 Å². The first kappa shape index (κ1) is 11.4. The van der Waals surface area contributed by atoms with Gasteiger partial charge in [-0.15, -0.1) is 13.1 Å². The summed E-state index contributed by atoms with van der Waals surface area (Å²) in [5, 5.41) is 3.86. The second kappa shape index (κ2) is 4.20. The van der Waals surface area contributed by atoms with Crippen LogP contribution in [0.2, 0.25) is 0 Å². The van der Waals surface area contributed by atoms with Crippen molar-refractivity contribution in [2.75, 3.05) is 0 Å². The Hall–Kier alpha value is -1.70. The molecule has 0 radical (unpaired) electrons. The lowest BCUT2D eigenvalue weighted by Crippen LogP contribution is -2.24. The molecule has 3 rings (SSSR count). The molecule has 1 atom stereocenters. The first-order valence-electron chi connectivity index (χ1n) is 5.31. The van der Waals surface area contributed by atoms with Crippen LogP contribution in [0, 0.1) is 5.82 Å².